The Morgan fingerprint density at radius 3 is 2.84 bits per heavy atom. The number of halogens is 2. The molecule has 2 aromatic rings. The average molecular weight is 343 g/mol. The second kappa shape index (κ2) is 5.84. The molecule has 0 saturated carbocycles. The third-order valence-electron chi connectivity index (χ3n) is 2.69. The fourth-order valence-corrected chi connectivity index (χ4v) is 2.69. The first-order chi connectivity index (χ1) is 8.99. The molecule has 0 aliphatic heterocycles. The predicted molar refractivity (Wildman–Crippen MR) is 77.6 cm³/mol. The van der Waals surface area contributed by atoms with Crippen LogP contribution in [0.1, 0.15) is 36.1 Å². The lowest BCUT2D eigenvalue weighted by atomic mass is 10.1. The number of carbonyl (C=O) groups excluding carboxylic acids is 1. The monoisotopic (exact) mass is 341 g/mol. The van der Waals surface area contributed by atoms with E-state index in [1.165, 1.54) is 6.33 Å². The molecule has 100 valence electrons. The van der Waals surface area contributed by atoms with Gasteiger partial charge in [-0.25, -0.2) is 9.67 Å². The molecule has 0 aliphatic rings. The van der Waals surface area contributed by atoms with Gasteiger partial charge in [0.25, 0.3) is 0 Å². The smallest absolute Gasteiger partial charge is 0.171 e. The van der Waals surface area contributed by atoms with Crippen LogP contribution in [-0.4, -0.2) is 20.5 Å². The normalized spacial score (nSPS) is 11.0. The lowest BCUT2D eigenvalue weighted by Gasteiger charge is -2.09. The van der Waals surface area contributed by atoms with E-state index < -0.39 is 0 Å². The lowest BCUT2D eigenvalue weighted by Crippen LogP contribution is -2.13. The van der Waals surface area contributed by atoms with E-state index >= 15 is 0 Å². The van der Waals surface area contributed by atoms with Gasteiger partial charge in [-0.05, 0) is 48.0 Å². The van der Waals surface area contributed by atoms with Crippen LogP contribution >= 0.6 is 27.5 Å². The first-order valence-electron chi connectivity index (χ1n) is 5.85. The van der Waals surface area contributed by atoms with Crippen LogP contribution in [0.15, 0.2) is 29.0 Å². The highest BCUT2D eigenvalue weighted by Crippen LogP contribution is 2.23. The first-order valence-corrected chi connectivity index (χ1v) is 7.02. The number of ketones is 1. The van der Waals surface area contributed by atoms with Crippen LogP contribution in [0.5, 0.6) is 0 Å². The van der Waals surface area contributed by atoms with Gasteiger partial charge in [0.2, 0.25) is 0 Å². The van der Waals surface area contributed by atoms with Gasteiger partial charge >= 0.3 is 0 Å². The maximum absolute atomic E-state index is 12.3. The maximum atomic E-state index is 12.3. The molecular formula is C13H13BrClN3O. The number of rotatable bonds is 4. The molecule has 1 aromatic heterocycles. The van der Waals surface area contributed by atoms with Crippen LogP contribution in [0.4, 0.5) is 0 Å². The van der Waals surface area contributed by atoms with Crippen molar-refractivity contribution in [1.82, 2.24) is 14.8 Å². The number of benzene rings is 1. The lowest BCUT2D eigenvalue weighted by molar-refractivity contribution is 0.0988. The molecule has 4 nitrogen and oxygen atoms in total. The molecule has 1 heterocycles. The van der Waals surface area contributed by atoms with Crippen molar-refractivity contribution in [2.24, 2.45) is 0 Å². The number of aromatic nitrogens is 3. The molecule has 0 unspecified atom stereocenters. The SMILES string of the molecule is CC(C)n1ncnc1CC(=O)c1ccc(Cl)cc1Br. The fourth-order valence-electron chi connectivity index (χ4n) is 1.79. The Morgan fingerprint density at radius 2 is 2.21 bits per heavy atom. The highest BCUT2D eigenvalue weighted by atomic mass is 79.9. The molecule has 0 bridgehead atoms. The van der Waals surface area contributed by atoms with Gasteiger partial charge < -0.3 is 0 Å². The molecule has 1 aromatic carbocycles. The van der Waals surface area contributed by atoms with E-state index in [0.29, 0.717) is 20.9 Å². The quantitative estimate of drug-likeness (QED) is 0.796. The number of Topliss-reactive ketones (excluding diaryl/α,β-unsaturated/α-hetero) is 1. The van der Waals surface area contributed by atoms with Crippen molar-refractivity contribution in [2.75, 3.05) is 0 Å². The summed E-state index contributed by atoms with van der Waals surface area (Å²) < 4.78 is 2.45. The first kappa shape index (κ1) is 14.2. The zero-order valence-corrected chi connectivity index (χ0v) is 12.9. The number of carbonyl (C=O) groups is 1. The molecule has 0 radical (unpaired) electrons. The van der Waals surface area contributed by atoms with E-state index in [0.717, 1.165) is 0 Å². The van der Waals surface area contributed by atoms with E-state index in [2.05, 4.69) is 26.0 Å². The molecule has 0 atom stereocenters. The topological polar surface area (TPSA) is 47.8 Å². The molecule has 19 heavy (non-hydrogen) atoms. The highest BCUT2D eigenvalue weighted by Gasteiger charge is 2.16. The van der Waals surface area contributed by atoms with Gasteiger partial charge in [-0.15, -0.1) is 0 Å². The number of nitrogens with zero attached hydrogens (tertiary/aromatic N) is 3. The second-order valence-electron chi connectivity index (χ2n) is 4.44. The summed E-state index contributed by atoms with van der Waals surface area (Å²) in [7, 11) is 0. The van der Waals surface area contributed by atoms with E-state index in [1.807, 2.05) is 13.8 Å². The minimum Gasteiger partial charge on any atom is -0.294 e. The van der Waals surface area contributed by atoms with Crippen molar-refractivity contribution in [2.45, 2.75) is 26.3 Å². The highest BCUT2D eigenvalue weighted by molar-refractivity contribution is 9.10. The summed E-state index contributed by atoms with van der Waals surface area (Å²) in [5.74, 6) is 0.653. The fraction of sp³-hybridized carbons (Fsp3) is 0.308. The molecule has 6 heteroatoms. The third kappa shape index (κ3) is 3.22. The van der Waals surface area contributed by atoms with Crippen molar-refractivity contribution in [3.05, 3.63) is 45.4 Å². The summed E-state index contributed by atoms with van der Waals surface area (Å²) in [6, 6.07) is 5.30. The van der Waals surface area contributed by atoms with Crippen LogP contribution in [0.25, 0.3) is 0 Å². The van der Waals surface area contributed by atoms with E-state index in [1.54, 1.807) is 22.9 Å². The molecule has 0 N–H and O–H groups in total. The molecule has 0 spiro atoms. The molecule has 0 amide bonds. The Labute approximate surface area is 124 Å². The van der Waals surface area contributed by atoms with Gasteiger partial charge in [-0.2, -0.15) is 5.10 Å². The summed E-state index contributed by atoms with van der Waals surface area (Å²) in [4.78, 5) is 16.4. The summed E-state index contributed by atoms with van der Waals surface area (Å²) in [5.41, 5.74) is 0.600. The number of hydrogen-bond donors (Lipinski definition) is 0. The van der Waals surface area contributed by atoms with E-state index in [9.17, 15) is 4.79 Å². The standard InChI is InChI=1S/C13H13BrClN3O/c1-8(2)18-13(16-7-17-18)6-12(19)10-4-3-9(15)5-11(10)14/h3-5,7-8H,6H2,1-2H3. The van der Waals surface area contributed by atoms with Crippen LogP contribution in [0.2, 0.25) is 5.02 Å². The van der Waals surface area contributed by atoms with Crippen LogP contribution in [-0.2, 0) is 6.42 Å². The Kier molecular flexibility index (Phi) is 4.37. The Hall–Kier alpha value is -1.20. The van der Waals surface area contributed by atoms with E-state index in [4.69, 9.17) is 11.6 Å². The molecular weight excluding hydrogens is 330 g/mol. The van der Waals surface area contributed by atoms with Crippen molar-refractivity contribution < 1.29 is 4.79 Å². The third-order valence-corrected chi connectivity index (χ3v) is 3.58. The zero-order valence-electron chi connectivity index (χ0n) is 10.6. The van der Waals surface area contributed by atoms with Crippen molar-refractivity contribution in [1.29, 1.82) is 0 Å². The Bertz CT molecular complexity index is 610. The van der Waals surface area contributed by atoms with Gasteiger partial charge in [-0.3, -0.25) is 4.79 Å². The van der Waals surface area contributed by atoms with E-state index in [-0.39, 0.29) is 18.2 Å². The average Bonchev–Trinajstić information content (AvgIpc) is 2.76. The van der Waals surface area contributed by atoms with Gasteiger partial charge in [0, 0.05) is 21.1 Å². The van der Waals surface area contributed by atoms with Crippen molar-refractivity contribution in [3.63, 3.8) is 0 Å². The van der Waals surface area contributed by atoms with Gasteiger partial charge in [0.1, 0.15) is 12.2 Å². The summed E-state index contributed by atoms with van der Waals surface area (Å²) in [5, 5.41) is 4.71. The minimum atomic E-state index is -0.0153. The van der Waals surface area contributed by atoms with Crippen molar-refractivity contribution in [3.8, 4) is 0 Å². The van der Waals surface area contributed by atoms with Gasteiger partial charge in [-0.1, -0.05) is 11.6 Å². The van der Waals surface area contributed by atoms with Crippen LogP contribution in [0, 0.1) is 0 Å². The maximum Gasteiger partial charge on any atom is 0.171 e. The Balaban J connectivity index is 2.23. The Morgan fingerprint density at radius 1 is 1.47 bits per heavy atom. The molecule has 0 aliphatic carbocycles. The summed E-state index contributed by atoms with van der Waals surface area (Å²) in [6.07, 6.45) is 1.69. The van der Waals surface area contributed by atoms with Crippen molar-refractivity contribution >= 4 is 33.3 Å². The minimum absolute atomic E-state index is 0.0153. The summed E-state index contributed by atoms with van der Waals surface area (Å²) in [6.45, 7) is 4.00. The zero-order chi connectivity index (χ0) is 14.0. The van der Waals surface area contributed by atoms with Crippen LogP contribution < -0.4 is 0 Å². The molecule has 0 fully saturated rings. The van der Waals surface area contributed by atoms with Gasteiger partial charge in [0.15, 0.2) is 5.78 Å². The van der Waals surface area contributed by atoms with Gasteiger partial charge in [0.05, 0.1) is 6.42 Å². The molecule has 2 rings (SSSR count). The summed E-state index contributed by atoms with van der Waals surface area (Å²) >= 11 is 9.21. The number of hydrogen-bond acceptors (Lipinski definition) is 3. The second-order valence-corrected chi connectivity index (χ2v) is 5.73. The molecule has 0 saturated heterocycles. The van der Waals surface area contributed by atoms with Crippen LogP contribution in [0.3, 0.4) is 0 Å². The predicted octanol–water partition coefficient (Wildman–Crippen LogP) is 3.70. The largest absolute Gasteiger partial charge is 0.294 e.